The van der Waals surface area contributed by atoms with Crippen LogP contribution in [0, 0.1) is 0 Å². The second-order valence-corrected chi connectivity index (χ2v) is 18.8. The number of piperidine rings is 2. The molecule has 2 aromatic heterocycles. The van der Waals surface area contributed by atoms with Gasteiger partial charge in [0.1, 0.15) is 40.9 Å². The van der Waals surface area contributed by atoms with Gasteiger partial charge in [-0.2, -0.15) is 0 Å². The van der Waals surface area contributed by atoms with Crippen LogP contribution in [0.15, 0.2) is 96.1 Å². The summed E-state index contributed by atoms with van der Waals surface area (Å²) in [6.07, 6.45) is 2.81. The number of likely N-dealkylation sites (tertiary alicyclic amines) is 2. The first kappa shape index (κ1) is 49.4. The summed E-state index contributed by atoms with van der Waals surface area (Å²) in [5, 5.41) is 14.0. The summed E-state index contributed by atoms with van der Waals surface area (Å²) in [6.45, 7) is 14.2. The first-order valence-corrected chi connectivity index (χ1v) is 22.7. The van der Waals surface area contributed by atoms with Crippen molar-refractivity contribution >= 4 is 23.8 Å². The third-order valence-corrected chi connectivity index (χ3v) is 11.5. The van der Waals surface area contributed by atoms with Crippen molar-refractivity contribution in [3.63, 3.8) is 0 Å². The van der Waals surface area contributed by atoms with Crippen molar-refractivity contribution < 1.29 is 28.9 Å². The number of pyridine rings is 2. The Hall–Kier alpha value is -7.03. The molecule has 16 heteroatoms. The molecule has 2 saturated heterocycles. The first-order chi connectivity index (χ1) is 31.9. The molecule has 0 radical (unpaired) electrons. The largest absolute Gasteiger partial charge is 0.507 e. The van der Waals surface area contributed by atoms with Crippen LogP contribution in [-0.4, -0.2) is 74.4 Å². The summed E-state index contributed by atoms with van der Waals surface area (Å²) in [6, 6.07) is 28.6. The molecule has 2 amide bonds. The van der Waals surface area contributed by atoms with Crippen molar-refractivity contribution in [2.24, 2.45) is 10.8 Å². The summed E-state index contributed by atoms with van der Waals surface area (Å²) in [4.78, 5) is 40.9. The third kappa shape index (κ3) is 13.3. The molecule has 2 aliphatic heterocycles. The molecule has 2 atom stereocenters. The lowest BCUT2D eigenvalue weighted by molar-refractivity contribution is 0.0188. The maximum absolute atomic E-state index is 12.8. The van der Waals surface area contributed by atoms with Crippen molar-refractivity contribution in [1.82, 2.24) is 19.8 Å². The zero-order chi connectivity index (χ0) is 48.3. The third-order valence-electron chi connectivity index (χ3n) is 11.5. The molecule has 67 heavy (non-hydrogen) atoms. The predicted molar refractivity (Wildman–Crippen MR) is 261 cm³/mol. The minimum Gasteiger partial charge on any atom is -0.507 e. The highest BCUT2D eigenvalue weighted by Crippen LogP contribution is 2.39. The molecule has 7 N–H and O–H groups in total. The van der Waals surface area contributed by atoms with E-state index in [1.165, 1.54) is 0 Å². The van der Waals surface area contributed by atoms with Crippen LogP contribution < -0.4 is 21.9 Å². The van der Waals surface area contributed by atoms with Gasteiger partial charge < -0.3 is 46.3 Å². The zero-order valence-electron chi connectivity index (χ0n) is 39.4. The van der Waals surface area contributed by atoms with Gasteiger partial charge in [0.05, 0.1) is 17.9 Å². The van der Waals surface area contributed by atoms with Gasteiger partial charge in [0.2, 0.25) is 0 Å². The number of anilines is 2. The number of para-hydroxylation sites is 2. The lowest BCUT2D eigenvalue weighted by Crippen LogP contribution is -2.42. The fourth-order valence-electron chi connectivity index (χ4n) is 8.40. The minimum absolute atomic E-state index is 0.0124. The van der Waals surface area contributed by atoms with Crippen LogP contribution in [0.25, 0.3) is 33.0 Å². The Morgan fingerprint density at radius 2 is 1.24 bits per heavy atom. The van der Waals surface area contributed by atoms with Gasteiger partial charge >= 0.3 is 12.2 Å². The molecule has 0 bridgehead atoms. The fraction of sp³-hybridized carbons (Fsp3) is 0.412. The number of carbonyl (C=O) groups is 2. The van der Waals surface area contributed by atoms with Crippen LogP contribution in [0.1, 0.15) is 107 Å². The monoisotopic (exact) mass is 913 g/mol. The van der Waals surface area contributed by atoms with Crippen LogP contribution in [0.2, 0.25) is 0 Å². The van der Waals surface area contributed by atoms with Crippen LogP contribution in [-0.2, 0) is 29.2 Å². The molecule has 2 fully saturated rings. The SMILES string of the molecule is CC(C)(C)OC(=O)N1CCCC(c2cc(-c3ccccc3O)nc(N)c2CN)C1.CC(C)(C)OC(=O)N1CCCC(c2cc(-c3ccccc3OCc3ccccc3)nc(N)c2CN=[N+]=[N-])C1. The topological polar surface area (TPSA) is 241 Å². The van der Waals surface area contributed by atoms with Gasteiger partial charge in [-0.3, -0.25) is 0 Å². The standard InChI is InChI=1S/C29H34N6O3.C22H30N4O3/c1-29(2,3)38-28(36)35-15-9-12-21(18-35)23-16-25(33-27(30)24(23)17-32-34-31)22-13-7-8-14-26(22)37-19-20-10-5-4-6-11-20;1-22(2,3)29-21(28)26-10-6-7-14(13-26)16-11-18(25-20(24)17(16)12-23)15-8-4-5-9-19(15)27/h4-8,10-11,13-14,16,21H,9,12,15,17-19H2,1-3H3,(H2,30,33);4-5,8-9,11,14,27H,6-7,10,12-13,23H2,1-3H3,(H2,24,25). The molecule has 354 valence electrons. The number of rotatable bonds is 10. The second kappa shape index (κ2) is 22.0. The number of hydrogen-bond acceptors (Lipinski definition) is 12. The Balaban J connectivity index is 0.000000229. The quantitative estimate of drug-likeness (QED) is 0.0583. The number of phenolic OH excluding ortho intramolecular Hbond substituents is 1. The maximum Gasteiger partial charge on any atom is 0.410 e. The van der Waals surface area contributed by atoms with Gasteiger partial charge in [0.15, 0.2) is 0 Å². The second-order valence-electron chi connectivity index (χ2n) is 18.8. The number of ether oxygens (including phenoxy) is 3. The smallest absolute Gasteiger partial charge is 0.410 e. The number of hydrogen-bond donors (Lipinski definition) is 4. The molecule has 7 rings (SSSR count). The van der Waals surface area contributed by atoms with Gasteiger partial charge in [-0.15, -0.1) is 0 Å². The summed E-state index contributed by atoms with van der Waals surface area (Å²) < 4.78 is 17.3. The molecular weight excluding hydrogens is 849 g/mol. The van der Waals surface area contributed by atoms with Gasteiger partial charge in [0, 0.05) is 71.7 Å². The number of nitrogen functional groups attached to an aromatic ring is 2. The number of aromatic hydroxyl groups is 1. The van der Waals surface area contributed by atoms with Crippen molar-refractivity contribution in [1.29, 1.82) is 0 Å². The average Bonchev–Trinajstić information content (AvgIpc) is 3.30. The van der Waals surface area contributed by atoms with E-state index in [9.17, 15) is 14.7 Å². The van der Waals surface area contributed by atoms with E-state index < -0.39 is 11.2 Å². The Morgan fingerprint density at radius 1 is 0.746 bits per heavy atom. The molecule has 2 aliphatic rings. The maximum atomic E-state index is 12.8. The number of nitrogens with two attached hydrogens (primary N) is 3. The summed E-state index contributed by atoms with van der Waals surface area (Å²) in [5.41, 5.74) is 33.7. The summed E-state index contributed by atoms with van der Waals surface area (Å²) in [7, 11) is 0. The van der Waals surface area contributed by atoms with Crippen LogP contribution in [0.3, 0.4) is 0 Å². The van der Waals surface area contributed by atoms with Gasteiger partial charge in [-0.25, -0.2) is 19.6 Å². The molecule has 16 nitrogen and oxygen atoms in total. The van der Waals surface area contributed by atoms with E-state index in [0.29, 0.717) is 72.7 Å². The molecular formula is C51H64N10O6. The van der Waals surface area contributed by atoms with E-state index in [4.69, 9.17) is 36.9 Å². The summed E-state index contributed by atoms with van der Waals surface area (Å²) in [5.74, 6) is 1.56. The van der Waals surface area contributed by atoms with Crippen molar-refractivity contribution in [2.75, 3.05) is 37.6 Å². The van der Waals surface area contributed by atoms with E-state index in [2.05, 4.69) is 20.0 Å². The van der Waals surface area contributed by atoms with E-state index in [1.807, 2.05) is 114 Å². The highest BCUT2D eigenvalue weighted by atomic mass is 16.6. The Bertz CT molecular complexity index is 2550. The van der Waals surface area contributed by atoms with E-state index in [1.54, 1.807) is 28.0 Å². The molecule has 4 heterocycles. The molecule has 5 aromatic rings. The molecule has 0 saturated carbocycles. The van der Waals surface area contributed by atoms with Gasteiger partial charge in [0.25, 0.3) is 0 Å². The summed E-state index contributed by atoms with van der Waals surface area (Å²) >= 11 is 0. The highest BCUT2D eigenvalue weighted by Gasteiger charge is 2.32. The number of benzene rings is 3. The Morgan fingerprint density at radius 3 is 1.78 bits per heavy atom. The van der Waals surface area contributed by atoms with Crippen LogP contribution >= 0.6 is 0 Å². The fourth-order valence-corrected chi connectivity index (χ4v) is 8.40. The van der Waals surface area contributed by atoms with E-state index in [-0.39, 0.29) is 42.9 Å². The normalized spacial score (nSPS) is 16.2. The molecule has 0 aliphatic carbocycles. The Kier molecular flexibility index (Phi) is 16.2. The van der Waals surface area contributed by atoms with E-state index >= 15 is 0 Å². The number of azide groups is 1. The molecule has 2 unspecified atom stereocenters. The molecule has 0 spiro atoms. The highest BCUT2D eigenvalue weighted by molar-refractivity contribution is 5.73. The number of carbonyl (C=O) groups excluding carboxylic acids is 2. The van der Waals surface area contributed by atoms with Gasteiger partial charge in [-0.1, -0.05) is 59.7 Å². The number of nitrogens with zero attached hydrogens (tertiary/aromatic N) is 7. The predicted octanol–water partition coefficient (Wildman–Crippen LogP) is 10.4. The number of aromatic nitrogens is 2. The zero-order valence-corrected chi connectivity index (χ0v) is 39.4. The van der Waals surface area contributed by atoms with Crippen molar-refractivity contribution in [3.8, 4) is 34.0 Å². The van der Waals surface area contributed by atoms with Gasteiger partial charge in [-0.05, 0) is 126 Å². The van der Waals surface area contributed by atoms with Crippen molar-refractivity contribution in [2.45, 2.75) is 110 Å². The lowest BCUT2D eigenvalue weighted by atomic mass is 9.87. The number of amides is 2. The Labute approximate surface area is 393 Å². The van der Waals surface area contributed by atoms with Crippen LogP contribution in [0.4, 0.5) is 21.2 Å². The number of phenols is 1. The average molecular weight is 913 g/mol. The van der Waals surface area contributed by atoms with Crippen LogP contribution in [0.5, 0.6) is 11.5 Å². The minimum atomic E-state index is -0.575. The first-order valence-electron chi connectivity index (χ1n) is 22.7. The lowest BCUT2D eigenvalue weighted by Gasteiger charge is -2.35. The van der Waals surface area contributed by atoms with E-state index in [0.717, 1.165) is 53.5 Å². The molecule has 3 aromatic carbocycles. The van der Waals surface area contributed by atoms with Crippen molar-refractivity contribution in [3.05, 3.63) is 129 Å².